The number of benzene rings is 2. The zero-order chi connectivity index (χ0) is 16.7. The predicted molar refractivity (Wildman–Crippen MR) is 92.3 cm³/mol. The van der Waals surface area contributed by atoms with E-state index < -0.39 is 0 Å². The van der Waals surface area contributed by atoms with Crippen LogP contribution in [0.4, 0.5) is 5.69 Å². The molecule has 0 radical (unpaired) electrons. The van der Waals surface area contributed by atoms with Crippen molar-refractivity contribution in [1.82, 2.24) is 0 Å². The molecule has 2 aromatic carbocycles. The SMILES string of the molecule is CCCOc1ccc(OCC(=O)Nc2cc(C)cc(C)c2)cc1. The smallest absolute Gasteiger partial charge is 0.262 e. The van der Waals surface area contributed by atoms with Crippen molar-refractivity contribution in [2.75, 3.05) is 18.5 Å². The Kier molecular flexibility index (Phi) is 6.03. The van der Waals surface area contributed by atoms with Gasteiger partial charge in [-0.2, -0.15) is 0 Å². The average Bonchev–Trinajstić information content (AvgIpc) is 2.51. The van der Waals surface area contributed by atoms with Crippen LogP contribution in [0.3, 0.4) is 0 Å². The van der Waals surface area contributed by atoms with Gasteiger partial charge in [-0.25, -0.2) is 0 Å². The summed E-state index contributed by atoms with van der Waals surface area (Å²) >= 11 is 0. The third kappa shape index (κ3) is 5.66. The topological polar surface area (TPSA) is 47.6 Å². The maximum Gasteiger partial charge on any atom is 0.262 e. The molecule has 122 valence electrons. The first-order chi connectivity index (χ1) is 11.1. The summed E-state index contributed by atoms with van der Waals surface area (Å²) in [4.78, 5) is 12.0. The lowest BCUT2D eigenvalue weighted by Crippen LogP contribution is -2.20. The summed E-state index contributed by atoms with van der Waals surface area (Å²) in [6.45, 7) is 6.73. The van der Waals surface area contributed by atoms with Crippen LogP contribution in [-0.2, 0) is 4.79 Å². The third-order valence-electron chi connectivity index (χ3n) is 3.17. The lowest BCUT2D eigenvalue weighted by molar-refractivity contribution is -0.118. The Hall–Kier alpha value is -2.49. The van der Waals surface area contributed by atoms with Crippen LogP contribution >= 0.6 is 0 Å². The maximum atomic E-state index is 12.0. The zero-order valence-electron chi connectivity index (χ0n) is 13.9. The number of hydrogen-bond acceptors (Lipinski definition) is 3. The number of carbonyl (C=O) groups is 1. The first-order valence-electron chi connectivity index (χ1n) is 7.80. The minimum absolute atomic E-state index is 0.0256. The van der Waals surface area contributed by atoms with E-state index in [0.29, 0.717) is 12.4 Å². The Labute approximate surface area is 137 Å². The lowest BCUT2D eigenvalue weighted by Gasteiger charge is -2.10. The van der Waals surface area contributed by atoms with Crippen LogP contribution in [-0.4, -0.2) is 19.1 Å². The minimum atomic E-state index is -0.179. The number of ether oxygens (including phenoxy) is 2. The first kappa shape index (κ1) is 16.9. The normalized spacial score (nSPS) is 10.2. The van der Waals surface area contributed by atoms with Crippen molar-refractivity contribution in [2.45, 2.75) is 27.2 Å². The largest absolute Gasteiger partial charge is 0.494 e. The predicted octanol–water partition coefficient (Wildman–Crippen LogP) is 4.11. The Morgan fingerprint density at radius 1 is 0.957 bits per heavy atom. The fraction of sp³-hybridized carbons (Fsp3) is 0.316. The number of rotatable bonds is 7. The Balaban J connectivity index is 1.84. The molecule has 0 aliphatic rings. The van der Waals surface area contributed by atoms with Crippen LogP contribution < -0.4 is 14.8 Å². The molecule has 0 saturated heterocycles. The van der Waals surface area contributed by atoms with Gasteiger partial charge < -0.3 is 14.8 Å². The molecule has 23 heavy (non-hydrogen) atoms. The molecule has 0 aromatic heterocycles. The van der Waals surface area contributed by atoms with E-state index in [0.717, 1.165) is 29.0 Å². The second-order valence-corrected chi connectivity index (χ2v) is 5.53. The van der Waals surface area contributed by atoms with Gasteiger partial charge in [0.15, 0.2) is 6.61 Å². The minimum Gasteiger partial charge on any atom is -0.494 e. The number of aryl methyl sites for hydroxylation is 2. The molecule has 0 atom stereocenters. The molecule has 1 N–H and O–H groups in total. The quantitative estimate of drug-likeness (QED) is 0.837. The molecule has 0 heterocycles. The number of nitrogens with one attached hydrogen (secondary N) is 1. The lowest BCUT2D eigenvalue weighted by atomic mass is 10.1. The van der Waals surface area contributed by atoms with Gasteiger partial charge >= 0.3 is 0 Å². The summed E-state index contributed by atoms with van der Waals surface area (Å²) in [6.07, 6.45) is 0.969. The van der Waals surface area contributed by atoms with Crippen LogP contribution in [0, 0.1) is 13.8 Å². The fourth-order valence-electron chi connectivity index (χ4n) is 2.24. The van der Waals surface area contributed by atoms with Crippen molar-refractivity contribution in [2.24, 2.45) is 0 Å². The van der Waals surface area contributed by atoms with Gasteiger partial charge in [-0.1, -0.05) is 13.0 Å². The Morgan fingerprint density at radius 3 is 2.09 bits per heavy atom. The summed E-state index contributed by atoms with van der Waals surface area (Å²) in [7, 11) is 0. The van der Waals surface area contributed by atoms with Gasteiger partial charge in [0, 0.05) is 5.69 Å². The van der Waals surface area contributed by atoms with Crippen molar-refractivity contribution in [3.63, 3.8) is 0 Å². The summed E-state index contributed by atoms with van der Waals surface area (Å²) in [5.41, 5.74) is 3.02. The molecule has 0 spiro atoms. The summed E-state index contributed by atoms with van der Waals surface area (Å²) < 4.78 is 11.0. The highest BCUT2D eigenvalue weighted by Gasteiger charge is 2.05. The van der Waals surface area contributed by atoms with Crippen molar-refractivity contribution in [1.29, 1.82) is 0 Å². The number of carbonyl (C=O) groups excluding carboxylic acids is 1. The zero-order valence-corrected chi connectivity index (χ0v) is 13.9. The van der Waals surface area contributed by atoms with Crippen molar-refractivity contribution < 1.29 is 14.3 Å². The molecule has 0 fully saturated rings. The second kappa shape index (κ2) is 8.22. The molecule has 0 saturated carbocycles. The van der Waals surface area contributed by atoms with Crippen LogP contribution in [0.15, 0.2) is 42.5 Å². The van der Waals surface area contributed by atoms with Gasteiger partial charge in [0.2, 0.25) is 0 Å². The van der Waals surface area contributed by atoms with E-state index in [9.17, 15) is 4.79 Å². The highest BCUT2D eigenvalue weighted by atomic mass is 16.5. The summed E-state index contributed by atoms with van der Waals surface area (Å²) in [6, 6.07) is 13.2. The highest BCUT2D eigenvalue weighted by molar-refractivity contribution is 5.92. The van der Waals surface area contributed by atoms with Gasteiger partial charge in [-0.05, 0) is 67.8 Å². The van der Waals surface area contributed by atoms with E-state index in [4.69, 9.17) is 9.47 Å². The Bertz CT molecular complexity index is 630. The Morgan fingerprint density at radius 2 is 1.52 bits per heavy atom. The van der Waals surface area contributed by atoms with E-state index in [1.165, 1.54) is 0 Å². The molecule has 4 heteroatoms. The maximum absolute atomic E-state index is 12.0. The molecular weight excluding hydrogens is 290 g/mol. The second-order valence-electron chi connectivity index (χ2n) is 5.53. The van der Waals surface area contributed by atoms with E-state index in [2.05, 4.69) is 18.3 Å². The molecule has 0 unspecified atom stereocenters. The molecule has 0 aliphatic carbocycles. The number of anilines is 1. The molecule has 4 nitrogen and oxygen atoms in total. The van der Waals surface area contributed by atoms with Crippen LogP contribution in [0.2, 0.25) is 0 Å². The molecule has 0 bridgehead atoms. The molecule has 2 aromatic rings. The van der Waals surface area contributed by atoms with Crippen LogP contribution in [0.5, 0.6) is 11.5 Å². The molecule has 0 aliphatic heterocycles. The van der Waals surface area contributed by atoms with Gasteiger partial charge in [-0.3, -0.25) is 4.79 Å². The summed E-state index contributed by atoms with van der Waals surface area (Å²) in [5.74, 6) is 1.27. The van der Waals surface area contributed by atoms with Gasteiger partial charge in [0.25, 0.3) is 5.91 Å². The fourth-order valence-corrected chi connectivity index (χ4v) is 2.24. The van der Waals surface area contributed by atoms with Crippen molar-refractivity contribution >= 4 is 11.6 Å². The number of hydrogen-bond donors (Lipinski definition) is 1. The van der Waals surface area contributed by atoms with Gasteiger partial charge in [0.1, 0.15) is 11.5 Å². The molecular formula is C19H23NO3. The van der Waals surface area contributed by atoms with E-state index in [-0.39, 0.29) is 12.5 Å². The van der Waals surface area contributed by atoms with Crippen LogP contribution in [0.1, 0.15) is 24.5 Å². The van der Waals surface area contributed by atoms with Crippen molar-refractivity contribution in [3.8, 4) is 11.5 Å². The number of amides is 1. The van der Waals surface area contributed by atoms with Gasteiger partial charge in [-0.15, -0.1) is 0 Å². The third-order valence-corrected chi connectivity index (χ3v) is 3.17. The van der Waals surface area contributed by atoms with E-state index in [1.54, 1.807) is 12.1 Å². The molecule has 2 rings (SSSR count). The summed E-state index contributed by atoms with van der Waals surface area (Å²) in [5, 5.41) is 2.84. The standard InChI is InChI=1S/C19H23NO3/c1-4-9-22-17-5-7-18(8-6-17)23-13-19(21)20-16-11-14(2)10-15(3)12-16/h5-8,10-12H,4,9,13H2,1-3H3,(H,20,21). The van der Waals surface area contributed by atoms with Crippen molar-refractivity contribution in [3.05, 3.63) is 53.6 Å². The van der Waals surface area contributed by atoms with Crippen LogP contribution in [0.25, 0.3) is 0 Å². The first-order valence-corrected chi connectivity index (χ1v) is 7.80. The van der Waals surface area contributed by atoms with Gasteiger partial charge in [0.05, 0.1) is 6.61 Å². The monoisotopic (exact) mass is 313 g/mol. The average molecular weight is 313 g/mol. The van der Waals surface area contributed by atoms with E-state index in [1.807, 2.05) is 38.1 Å². The highest BCUT2D eigenvalue weighted by Crippen LogP contribution is 2.18. The molecule has 1 amide bonds. The van der Waals surface area contributed by atoms with E-state index >= 15 is 0 Å².